The Morgan fingerprint density at radius 1 is 1.00 bits per heavy atom. The third-order valence-corrected chi connectivity index (χ3v) is 0. The fraction of sp³-hybridized carbons (Fsp3) is 0. The fourth-order valence-corrected chi connectivity index (χ4v) is 0. The summed E-state index contributed by atoms with van der Waals surface area (Å²) < 4.78 is 0. The zero-order chi connectivity index (χ0) is 0. The normalized spacial score (nSPS) is 0. The summed E-state index contributed by atoms with van der Waals surface area (Å²) in [6.45, 7) is 0. The van der Waals surface area contributed by atoms with Crippen LogP contribution in [-0.4, -0.2) is 0 Å². The van der Waals surface area contributed by atoms with Crippen LogP contribution >= 0.6 is 0 Å². The maximum atomic E-state index is 0. The van der Waals surface area contributed by atoms with Gasteiger partial charge in [-0.15, -0.1) is 0 Å². The van der Waals surface area contributed by atoms with E-state index in [9.17, 15) is 0 Å². The zero-order valence-electron chi connectivity index (χ0n) is 1.33. The molecule has 3 radical (unpaired) electrons. The molecular formula is AuNiReRh. The second-order valence-corrected chi connectivity index (χ2v) is 0. The molecule has 0 spiro atoms. The van der Waals surface area contributed by atoms with Crippen molar-refractivity contribution in [3.05, 3.63) is 0 Å². The van der Waals surface area contributed by atoms with Crippen LogP contribution in [0.4, 0.5) is 0 Å². The smallest absolute Gasteiger partial charge is 0 e. The summed E-state index contributed by atoms with van der Waals surface area (Å²) in [5, 5.41) is 0. The van der Waals surface area contributed by atoms with Gasteiger partial charge in [-0.05, 0) is 0 Å². The average Bonchev–Trinajstić information content (AvgIpc) is 0. The molecule has 37 valence electrons. The molecule has 0 bridgehead atoms. The summed E-state index contributed by atoms with van der Waals surface area (Å²) in [5.74, 6) is 0. The minimum atomic E-state index is 0. The van der Waals surface area contributed by atoms with Crippen LogP contribution in [0.3, 0.4) is 0 Å². The molecule has 4 heteroatoms. The summed E-state index contributed by atoms with van der Waals surface area (Å²) in [5.41, 5.74) is 0. The van der Waals surface area contributed by atoms with E-state index in [1.54, 1.807) is 0 Å². The molecule has 0 nitrogen and oxygen atoms in total. The molecule has 0 heterocycles. The first-order valence-corrected chi connectivity index (χ1v) is 0. The molecule has 0 aliphatic rings. The van der Waals surface area contributed by atoms with Crippen molar-refractivity contribution in [1.82, 2.24) is 0 Å². The maximum Gasteiger partial charge on any atom is 0 e. The third-order valence-electron chi connectivity index (χ3n) is 0. The van der Waals surface area contributed by atoms with Crippen LogP contribution < -0.4 is 0 Å². The van der Waals surface area contributed by atoms with Crippen LogP contribution in [0.2, 0.25) is 0 Å². The molecule has 0 saturated carbocycles. The molecule has 0 aliphatic carbocycles. The van der Waals surface area contributed by atoms with Crippen LogP contribution in [0.5, 0.6) is 0 Å². The van der Waals surface area contributed by atoms with Crippen LogP contribution in [0.25, 0.3) is 0 Å². The Hall–Kier alpha value is 2.52. The topological polar surface area (TPSA) is 0 Å². The first-order valence-electron chi connectivity index (χ1n) is 0. The van der Waals surface area contributed by atoms with Crippen molar-refractivity contribution in [2.45, 2.75) is 0 Å². The summed E-state index contributed by atoms with van der Waals surface area (Å²) >= 11 is 0. The monoisotopic (exact) mass is 545 g/mol. The molecule has 0 aromatic carbocycles. The van der Waals surface area contributed by atoms with Gasteiger partial charge in [0, 0.05) is 78.8 Å². The van der Waals surface area contributed by atoms with Crippen LogP contribution in [-0.2, 0) is 78.8 Å². The van der Waals surface area contributed by atoms with Gasteiger partial charge in [0.15, 0.2) is 0 Å². The van der Waals surface area contributed by atoms with E-state index < -0.39 is 0 Å². The molecule has 0 N–H and O–H groups in total. The van der Waals surface area contributed by atoms with Crippen molar-refractivity contribution in [2.24, 2.45) is 0 Å². The van der Waals surface area contributed by atoms with Gasteiger partial charge < -0.3 is 0 Å². The summed E-state index contributed by atoms with van der Waals surface area (Å²) in [6.07, 6.45) is 0. The van der Waals surface area contributed by atoms with E-state index in [1.165, 1.54) is 0 Å². The molecule has 0 aromatic heterocycles. The summed E-state index contributed by atoms with van der Waals surface area (Å²) in [4.78, 5) is 0. The predicted molar refractivity (Wildman–Crippen MR) is 0 cm³/mol. The molecule has 0 amide bonds. The molecule has 4 heavy (non-hydrogen) atoms. The van der Waals surface area contributed by atoms with Crippen molar-refractivity contribution in [3.8, 4) is 0 Å². The first kappa shape index (κ1) is 31.3. The van der Waals surface area contributed by atoms with Gasteiger partial charge in [0.25, 0.3) is 0 Å². The Balaban J connectivity index is 0. The average molecular weight is 545 g/mol. The predicted octanol–water partition coefficient (Wildman–Crippen LogP) is -0.0100. The van der Waals surface area contributed by atoms with Gasteiger partial charge in [-0.3, -0.25) is 0 Å². The number of rotatable bonds is 0. The Kier molecular flexibility index (Phi) is 139. The molecule has 0 saturated heterocycles. The maximum absolute atomic E-state index is 0. The zero-order valence-corrected chi connectivity index (χ0v) is 8.84. The Morgan fingerprint density at radius 2 is 1.00 bits per heavy atom. The second-order valence-electron chi connectivity index (χ2n) is 0. The van der Waals surface area contributed by atoms with E-state index >= 15 is 0 Å². The van der Waals surface area contributed by atoms with Crippen LogP contribution in [0.15, 0.2) is 0 Å². The van der Waals surface area contributed by atoms with Crippen molar-refractivity contribution >= 4 is 0 Å². The fourth-order valence-electron chi connectivity index (χ4n) is 0. The Labute approximate surface area is 77.7 Å². The molecular weight excluding hydrogens is 545 g/mol. The van der Waals surface area contributed by atoms with Gasteiger partial charge in [0.2, 0.25) is 0 Å². The van der Waals surface area contributed by atoms with Gasteiger partial charge in [0.1, 0.15) is 0 Å². The molecule has 0 rings (SSSR count). The number of hydrogen-bond donors (Lipinski definition) is 0. The molecule has 0 aliphatic heterocycles. The van der Waals surface area contributed by atoms with Gasteiger partial charge >= 0.3 is 0 Å². The first-order chi connectivity index (χ1) is 0. The molecule has 0 aromatic rings. The largest absolute Gasteiger partial charge is 0 e. The third kappa shape index (κ3) is 8.82. The minimum Gasteiger partial charge on any atom is 0 e. The Bertz CT molecular complexity index is 8.00. The van der Waals surface area contributed by atoms with E-state index in [0.717, 1.165) is 0 Å². The van der Waals surface area contributed by atoms with E-state index in [-0.39, 0.29) is 78.8 Å². The van der Waals surface area contributed by atoms with Crippen molar-refractivity contribution in [1.29, 1.82) is 0 Å². The van der Waals surface area contributed by atoms with E-state index in [2.05, 4.69) is 0 Å². The van der Waals surface area contributed by atoms with Crippen molar-refractivity contribution in [2.75, 3.05) is 0 Å². The van der Waals surface area contributed by atoms with Crippen molar-refractivity contribution in [3.63, 3.8) is 0 Å². The van der Waals surface area contributed by atoms with E-state index in [1.807, 2.05) is 0 Å². The van der Waals surface area contributed by atoms with Crippen LogP contribution in [0, 0.1) is 0 Å². The quantitative estimate of drug-likeness (QED) is 0.377. The van der Waals surface area contributed by atoms with Crippen LogP contribution in [0.1, 0.15) is 0 Å². The molecule has 0 fully saturated rings. The molecule has 0 atom stereocenters. The Morgan fingerprint density at radius 3 is 1.00 bits per heavy atom. The van der Waals surface area contributed by atoms with Gasteiger partial charge in [-0.25, -0.2) is 0 Å². The van der Waals surface area contributed by atoms with Crippen molar-refractivity contribution < 1.29 is 78.8 Å². The molecule has 0 unspecified atom stereocenters. The van der Waals surface area contributed by atoms with E-state index in [4.69, 9.17) is 0 Å². The standard InChI is InChI=1S/Au.Ni.Re.Rh. The SMILES string of the molecule is [Au].[Ni].[Re].[Rh]. The van der Waals surface area contributed by atoms with Gasteiger partial charge in [-0.2, -0.15) is 0 Å². The van der Waals surface area contributed by atoms with E-state index in [0.29, 0.717) is 0 Å². The summed E-state index contributed by atoms with van der Waals surface area (Å²) in [7, 11) is 0. The summed E-state index contributed by atoms with van der Waals surface area (Å²) in [6, 6.07) is 0. The minimum absolute atomic E-state index is 0. The second kappa shape index (κ2) is 17.8. The van der Waals surface area contributed by atoms with Gasteiger partial charge in [-0.1, -0.05) is 0 Å². The van der Waals surface area contributed by atoms with Gasteiger partial charge in [0.05, 0.1) is 0 Å². The number of hydrogen-bond acceptors (Lipinski definition) is 0.